The molecule has 2 aliphatic rings. The first-order valence-corrected chi connectivity index (χ1v) is 11.9. The summed E-state index contributed by atoms with van der Waals surface area (Å²) >= 11 is 1.47. The number of likely N-dealkylation sites (tertiary alicyclic amines) is 1. The maximum Gasteiger partial charge on any atom is 0.263 e. The Morgan fingerprint density at radius 2 is 2.00 bits per heavy atom. The summed E-state index contributed by atoms with van der Waals surface area (Å²) in [5, 5.41) is 5.12. The van der Waals surface area contributed by atoms with Crippen molar-refractivity contribution in [2.45, 2.75) is 45.2 Å². The third kappa shape index (κ3) is 4.76. The van der Waals surface area contributed by atoms with E-state index in [-0.39, 0.29) is 17.7 Å². The van der Waals surface area contributed by atoms with Crippen LogP contribution in [-0.2, 0) is 17.8 Å². The number of carbonyl (C=O) groups is 2. The zero-order valence-corrected chi connectivity index (χ0v) is 18.5. The van der Waals surface area contributed by atoms with Gasteiger partial charge in [-0.2, -0.15) is 0 Å². The number of amides is 2. The lowest BCUT2D eigenvalue weighted by atomic mass is 9.96. The van der Waals surface area contributed by atoms with E-state index in [0.717, 1.165) is 50.2 Å². The molecule has 4 rings (SSSR count). The predicted octanol–water partition coefficient (Wildman–Crippen LogP) is 3.55. The van der Waals surface area contributed by atoms with Crippen LogP contribution in [0.1, 0.15) is 47.0 Å². The first-order valence-electron chi connectivity index (χ1n) is 11.1. The summed E-state index contributed by atoms with van der Waals surface area (Å²) in [5.41, 5.74) is 2.86. The number of carbonyl (C=O) groups excluding carboxylic acids is 2. The van der Waals surface area contributed by atoms with Gasteiger partial charge in [0, 0.05) is 38.8 Å². The van der Waals surface area contributed by atoms with Gasteiger partial charge in [0.25, 0.3) is 5.91 Å². The number of fused-ring (bicyclic) bond motifs is 1. The fraction of sp³-hybridized carbons (Fsp3) is 0.500. The Labute approximate surface area is 183 Å². The lowest BCUT2D eigenvalue weighted by molar-refractivity contribution is -0.126. The van der Waals surface area contributed by atoms with Crippen LogP contribution in [0.25, 0.3) is 0 Å². The van der Waals surface area contributed by atoms with Crippen LogP contribution < -0.4 is 5.32 Å². The molecule has 5 nitrogen and oxygen atoms in total. The van der Waals surface area contributed by atoms with E-state index in [0.29, 0.717) is 19.1 Å². The largest absolute Gasteiger partial charge is 0.354 e. The molecule has 3 heterocycles. The van der Waals surface area contributed by atoms with Gasteiger partial charge in [0.1, 0.15) is 0 Å². The topological polar surface area (TPSA) is 52.7 Å². The van der Waals surface area contributed by atoms with Gasteiger partial charge in [-0.25, -0.2) is 0 Å². The minimum Gasteiger partial charge on any atom is -0.354 e. The third-order valence-corrected chi connectivity index (χ3v) is 7.33. The van der Waals surface area contributed by atoms with Crippen molar-refractivity contribution in [3.05, 3.63) is 57.8 Å². The zero-order valence-electron chi connectivity index (χ0n) is 17.7. The quantitative estimate of drug-likeness (QED) is 0.770. The van der Waals surface area contributed by atoms with Crippen LogP contribution in [0.15, 0.2) is 41.8 Å². The molecular formula is C24H31N3O2S. The number of thiophene rings is 1. The summed E-state index contributed by atoms with van der Waals surface area (Å²) in [5.74, 6) is 0.0395. The van der Waals surface area contributed by atoms with Crippen molar-refractivity contribution in [2.75, 3.05) is 26.2 Å². The molecule has 1 saturated heterocycles. The van der Waals surface area contributed by atoms with Gasteiger partial charge in [-0.05, 0) is 48.3 Å². The molecule has 1 aromatic heterocycles. The summed E-state index contributed by atoms with van der Waals surface area (Å²) in [6.07, 6.45) is 3.82. The molecule has 2 aromatic rings. The van der Waals surface area contributed by atoms with Crippen molar-refractivity contribution in [1.82, 2.24) is 15.1 Å². The molecule has 2 aliphatic heterocycles. The maximum atomic E-state index is 12.9. The summed E-state index contributed by atoms with van der Waals surface area (Å²) in [7, 11) is 0. The van der Waals surface area contributed by atoms with Gasteiger partial charge in [0.2, 0.25) is 5.91 Å². The first-order chi connectivity index (χ1) is 14.7. The highest BCUT2D eigenvalue weighted by molar-refractivity contribution is 7.12. The normalized spacial score (nSPS) is 20.4. The molecule has 1 N–H and O–H groups in total. The second-order valence-corrected chi connectivity index (χ2v) is 9.31. The average Bonchev–Trinajstić information content (AvgIpc) is 3.34. The molecule has 2 atom stereocenters. The van der Waals surface area contributed by atoms with Crippen LogP contribution in [0.4, 0.5) is 0 Å². The molecule has 0 bridgehead atoms. The SMILES string of the molecule is CCC(CNC(=O)C1CCCN(C(=O)c2cccs2)C1)N1CCc2ccccc2C1. The van der Waals surface area contributed by atoms with Crippen LogP contribution in [0.3, 0.4) is 0 Å². The number of nitrogens with zero attached hydrogens (tertiary/aromatic N) is 2. The van der Waals surface area contributed by atoms with Gasteiger partial charge in [-0.1, -0.05) is 37.3 Å². The van der Waals surface area contributed by atoms with Crippen LogP contribution in [0.5, 0.6) is 0 Å². The molecule has 2 unspecified atom stereocenters. The van der Waals surface area contributed by atoms with Crippen LogP contribution >= 0.6 is 11.3 Å². The van der Waals surface area contributed by atoms with Gasteiger partial charge in [-0.3, -0.25) is 14.5 Å². The molecule has 0 aliphatic carbocycles. The number of hydrogen-bond donors (Lipinski definition) is 1. The molecule has 2 amide bonds. The highest BCUT2D eigenvalue weighted by atomic mass is 32.1. The molecule has 6 heteroatoms. The molecule has 160 valence electrons. The Morgan fingerprint density at radius 1 is 1.17 bits per heavy atom. The zero-order chi connectivity index (χ0) is 20.9. The molecule has 0 spiro atoms. The monoisotopic (exact) mass is 425 g/mol. The average molecular weight is 426 g/mol. The Morgan fingerprint density at radius 3 is 2.77 bits per heavy atom. The fourth-order valence-corrected chi connectivity index (χ4v) is 5.35. The van der Waals surface area contributed by atoms with Crippen molar-refractivity contribution in [1.29, 1.82) is 0 Å². The minimum absolute atomic E-state index is 0.0564. The molecule has 0 radical (unpaired) electrons. The summed E-state index contributed by atoms with van der Waals surface area (Å²) in [6.45, 7) is 6.13. The Bertz CT molecular complexity index is 867. The smallest absolute Gasteiger partial charge is 0.263 e. The lowest BCUT2D eigenvalue weighted by Crippen LogP contribution is -2.49. The van der Waals surface area contributed by atoms with Gasteiger partial charge in [0.05, 0.1) is 10.8 Å². The van der Waals surface area contributed by atoms with Gasteiger partial charge >= 0.3 is 0 Å². The van der Waals surface area contributed by atoms with E-state index in [4.69, 9.17) is 0 Å². The van der Waals surface area contributed by atoms with E-state index < -0.39 is 0 Å². The third-order valence-electron chi connectivity index (χ3n) is 6.47. The van der Waals surface area contributed by atoms with E-state index in [9.17, 15) is 9.59 Å². The second-order valence-electron chi connectivity index (χ2n) is 8.36. The predicted molar refractivity (Wildman–Crippen MR) is 121 cm³/mol. The van der Waals surface area contributed by atoms with Crippen molar-refractivity contribution in [2.24, 2.45) is 5.92 Å². The Kier molecular flexibility index (Phi) is 6.85. The Hall–Kier alpha value is -2.18. The fourth-order valence-electron chi connectivity index (χ4n) is 4.66. The van der Waals surface area contributed by atoms with E-state index in [1.165, 1.54) is 22.5 Å². The van der Waals surface area contributed by atoms with E-state index >= 15 is 0 Å². The van der Waals surface area contributed by atoms with Crippen LogP contribution in [0, 0.1) is 5.92 Å². The first kappa shape index (κ1) is 21.1. The number of nitrogens with one attached hydrogen (secondary N) is 1. The summed E-state index contributed by atoms with van der Waals surface area (Å²) < 4.78 is 0. The highest BCUT2D eigenvalue weighted by Gasteiger charge is 2.30. The minimum atomic E-state index is -0.109. The summed E-state index contributed by atoms with van der Waals surface area (Å²) in [6, 6.07) is 12.8. The van der Waals surface area contributed by atoms with Gasteiger partial charge < -0.3 is 10.2 Å². The molecule has 0 saturated carbocycles. The Balaban J connectivity index is 1.30. The highest BCUT2D eigenvalue weighted by Crippen LogP contribution is 2.23. The second kappa shape index (κ2) is 9.75. The molecule has 1 aromatic carbocycles. The maximum absolute atomic E-state index is 12.9. The lowest BCUT2D eigenvalue weighted by Gasteiger charge is -2.36. The number of rotatable bonds is 6. The van der Waals surface area contributed by atoms with Gasteiger partial charge in [0.15, 0.2) is 0 Å². The van der Waals surface area contributed by atoms with Crippen molar-refractivity contribution in [3.63, 3.8) is 0 Å². The molecule has 30 heavy (non-hydrogen) atoms. The van der Waals surface area contributed by atoms with Crippen molar-refractivity contribution < 1.29 is 9.59 Å². The van der Waals surface area contributed by atoms with Crippen LogP contribution in [0.2, 0.25) is 0 Å². The van der Waals surface area contributed by atoms with E-state index in [2.05, 4.69) is 41.4 Å². The number of benzene rings is 1. The molecular weight excluding hydrogens is 394 g/mol. The number of piperidine rings is 1. The van der Waals surface area contributed by atoms with E-state index in [1.54, 1.807) is 0 Å². The van der Waals surface area contributed by atoms with Crippen molar-refractivity contribution in [3.8, 4) is 0 Å². The van der Waals surface area contributed by atoms with Crippen LogP contribution in [-0.4, -0.2) is 53.8 Å². The molecule has 1 fully saturated rings. The van der Waals surface area contributed by atoms with Crippen molar-refractivity contribution >= 4 is 23.2 Å². The summed E-state index contributed by atoms with van der Waals surface area (Å²) in [4.78, 5) is 30.6. The van der Waals surface area contributed by atoms with Gasteiger partial charge in [-0.15, -0.1) is 11.3 Å². The standard InChI is InChI=1S/C24H31N3O2S/c1-2-21(26-13-11-18-7-3-4-8-19(18)16-26)15-25-23(28)20-9-5-12-27(17-20)24(29)22-10-6-14-30-22/h3-4,6-8,10,14,20-21H,2,5,9,11-13,15-17H2,1H3,(H,25,28). The number of hydrogen-bond acceptors (Lipinski definition) is 4. The van der Waals surface area contributed by atoms with E-state index in [1.807, 2.05) is 22.4 Å².